The molecule has 0 radical (unpaired) electrons. The lowest BCUT2D eigenvalue weighted by Crippen LogP contribution is -2.18. The van der Waals surface area contributed by atoms with Crippen molar-refractivity contribution in [3.63, 3.8) is 0 Å². The van der Waals surface area contributed by atoms with Gasteiger partial charge in [0.15, 0.2) is 0 Å². The Hall–Kier alpha value is -1.18. The van der Waals surface area contributed by atoms with Gasteiger partial charge >= 0.3 is 0 Å². The van der Waals surface area contributed by atoms with Gasteiger partial charge in [0.05, 0.1) is 11.1 Å². The van der Waals surface area contributed by atoms with E-state index in [4.69, 9.17) is 0 Å². The molecule has 0 fully saturated rings. The van der Waals surface area contributed by atoms with Crippen LogP contribution in [-0.2, 0) is 10.0 Å². The molecule has 2 aromatic rings. The van der Waals surface area contributed by atoms with E-state index in [1.165, 1.54) is 18.3 Å². The van der Waals surface area contributed by atoms with E-state index in [-0.39, 0.29) is 4.90 Å². The Labute approximate surface area is 134 Å². The van der Waals surface area contributed by atoms with Gasteiger partial charge in [-0.1, -0.05) is 44.0 Å². The van der Waals surface area contributed by atoms with Crippen LogP contribution in [0.3, 0.4) is 0 Å². The molecule has 104 valence electrons. The predicted molar refractivity (Wildman–Crippen MR) is 86.2 cm³/mol. The van der Waals surface area contributed by atoms with Crippen LogP contribution in [0.25, 0.3) is 0 Å². The minimum Gasteiger partial charge on any atom is -0.200 e. The number of rotatable bonds is 4. The van der Waals surface area contributed by atoms with Crippen LogP contribution in [-0.4, -0.2) is 14.6 Å². The van der Waals surface area contributed by atoms with Gasteiger partial charge in [0.2, 0.25) is 0 Å². The molecule has 2 aromatic carbocycles. The second kappa shape index (κ2) is 6.51. The Morgan fingerprint density at radius 3 is 2.35 bits per heavy atom. The van der Waals surface area contributed by atoms with Gasteiger partial charge in [-0.3, -0.25) is 0 Å². The maximum atomic E-state index is 12.0. The molecule has 0 aliphatic carbocycles. The fraction of sp³-hybridized carbons (Fsp3) is 0. The highest BCUT2D eigenvalue weighted by Gasteiger charge is 2.11. The highest BCUT2D eigenvalue weighted by molar-refractivity contribution is 9.10. The fourth-order valence-electron chi connectivity index (χ4n) is 1.42. The third kappa shape index (κ3) is 4.16. The van der Waals surface area contributed by atoms with Gasteiger partial charge in [-0.05, 0) is 42.0 Å². The third-order valence-corrected chi connectivity index (χ3v) is 4.62. The molecular weight excluding hydrogens is 408 g/mol. The van der Waals surface area contributed by atoms with Crippen molar-refractivity contribution < 1.29 is 8.42 Å². The summed E-state index contributed by atoms with van der Waals surface area (Å²) in [5.74, 6) is 0. The van der Waals surface area contributed by atoms with E-state index in [1.54, 1.807) is 12.1 Å². The van der Waals surface area contributed by atoms with Crippen LogP contribution in [0.4, 0.5) is 0 Å². The van der Waals surface area contributed by atoms with Gasteiger partial charge in [0.1, 0.15) is 0 Å². The van der Waals surface area contributed by atoms with Crippen molar-refractivity contribution in [2.45, 2.75) is 4.90 Å². The molecular formula is C13H10Br2N2O2S. The number of hydrogen-bond donors (Lipinski definition) is 1. The van der Waals surface area contributed by atoms with Gasteiger partial charge < -0.3 is 0 Å². The molecule has 0 aliphatic rings. The van der Waals surface area contributed by atoms with Crippen molar-refractivity contribution in [2.75, 3.05) is 0 Å². The maximum absolute atomic E-state index is 12.0. The number of nitrogens with zero attached hydrogens (tertiary/aromatic N) is 1. The van der Waals surface area contributed by atoms with Crippen molar-refractivity contribution in [3.8, 4) is 0 Å². The number of sulfonamides is 1. The quantitative estimate of drug-likeness (QED) is 0.611. The van der Waals surface area contributed by atoms with Crippen molar-refractivity contribution in [3.05, 3.63) is 63.0 Å². The minimum atomic E-state index is -3.64. The van der Waals surface area contributed by atoms with Crippen LogP contribution in [0.5, 0.6) is 0 Å². The van der Waals surface area contributed by atoms with Crippen LogP contribution in [0, 0.1) is 0 Å². The van der Waals surface area contributed by atoms with E-state index in [0.717, 1.165) is 14.5 Å². The number of hydrogen-bond acceptors (Lipinski definition) is 3. The summed E-state index contributed by atoms with van der Waals surface area (Å²) in [5, 5.41) is 3.76. The highest BCUT2D eigenvalue weighted by Crippen LogP contribution is 2.14. The zero-order chi connectivity index (χ0) is 14.6. The largest absolute Gasteiger partial charge is 0.276 e. The Balaban J connectivity index is 2.11. The zero-order valence-electron chi connectivity index (χ0n) is 10.1. The number of benzene rings is 2. The number of halogens is 2. The molecule has 0 atom stereocenters. The summed E-state index contributed by atoms with van der Waals surface area (Å²) in [6.45, 7) is 0. The van der Waals surface area contributed by atoms with E-state index in [2.05, 4.69) is 41.8 Å². The lowest BCUT2D eigenvalue weighted by Gasteiger charge is -2.03. The fourth-order valence-corrected chi connectivity index (χ4v) is 2.90. The van der Waals surface area contributed by atoms with Crippen LogP contribution in [0.1, 0.15) is 5.56 Å². The molecule has 0 saturated heterocycles. The second-order valence-corrected chi connectivity index (χ2v) is 7.35. The topological polar surface area (TPSA) is 58.5 Å². The number of hydrazone groups is 1. The molecule has 4 nitrogen and oxygen atoms in total. The Morgan fingerprint density at radius 2 is 1.70 bits per heavy atom. The Morgan fingerprint density at radius 1 is 1.00 bits per heavy atom. The molecule has 0 heterocycles. The van der Waals surface area contributed by atoms with E-state index >= 15 is 0 Å². The normalized spacial score (nSPS) is 11.7. The van der Waals surface area contributed by atoms with Crippen molar-refractivity contribution >= 4 is 48.1 Å². The van der Waals surface area contributed by atoms with Crippen molar-refractivity contribution in [2.24, 2.45) is 5.10 Å². The third-order valence-electron chi connectivity index (χ3n) is 2.36. The van der Waals surface area contributed by atoms with Crippen molar-refractivity contribution in [1.29, 1.82) is 0 Å². The smallest absolute Gasteiger partial charge is 0.200 e. The summed E-state index contributed by atoms with van der Waals surface area (Å²) in [6, 6.07) is 13.7. The lowest BCUT2D eigenvalue weighted by atomic mass is 10.2. The first kappa shape index (κ1) is 15.2. The molecule has 0 saturated carbocycles. The first-order valence-corrected chi connectivity index (χ1v) is 8.60. The first-order valence-electron chi connectivity index (χ1n) is 5.53. The molecule has 0 aromatic heterocycles. The molecule has 0 spiro atoms. The zero-order valence-corrected chi connectivity index (χ0v) is 14.1. The molecule has 0 unspecified atom stereocenters. The highest BCUT2D eigenvalue weighted by atomic mass is 79.9. The van der Waals surface area contributed by atoms with Crippen LogP contribution < -0.4 is 4.83 Å². The van der Waals surface area contributed by atoms with Crippen LogP contribution >= 0.6 is 31.9 Å². The Bertz CT molecular complexity index is 728. The molecule has 0 amide bonds. The monoisotopic (exact) mass is 416 g/mol. The summed E-state index contributed by atoms with van der Waals surface area (Å²) in [6.07, 6.45) is 1.45. The SMILES string of the molecule is O=S(=O)(NN=Cc1cccc(Br)c1)c1ccc(Br)cc1. The first-order chi connectivity index (χ1) is 9.47. The summed E-state index contributed by atoms with van der Waals surface area (Å²) in [7, 11) is -3.64. The summed E-state index contributed by atoms with van der Waals surface area (Å²) >= 11 is 6.59. The van der Waals surface area contributed by atoms with Crippen molar-refractivity contribution in [1.82, 2.24) is 4.83 Å². The van der Waals surface area contributed by atoms with Gasteiger partial charge in [0.25, 0.3) is 10.0 Å². The summed E-state index contributed by atoms with van der Waals surface area (Å²) in [4.78, 5) is 2.33. The van der Waals surface area contributed by atoms with E-state index < -0.39 is 10.0 Å². The minimum absolute atomic E-state index is 0.159. The average molecular weight is 418 g/mol. The molecule has 2 rings (SSSR count). The summed E-state index contributed by atoms with van der Waals surface area (Å²) in [5.41, 5.74) is 0.790. The van der Waals surface area contributed by atoms with Gasteiger partial charge in [-0.25, -0.2) is 4.83 Å². The molecule has 0 bridgehead atoms. The second-order valence-electron chi connectivity index (χ2n) is 3.86. The Kier molecular flexibility index (Phi) is 4.95. The van der Waals surface area contributed by atoms with E-state index in [9.17, 15) is 8.42 Å². The predicted octanol–water partition coefficient (Wildman–Crippen LogP) is 3.52. The van der Waals surface area contributed by atoms with Gasteiger partial charge in [-0.2, -0.15) is 13.5 Å². The van der Waals surface area contributed by atoms with E-state index in [0.29, 0.717) is 0 Å². The number of nitrogens with one attached hydrogen (secondary N) is 1. The molecule has 20 heavy (non-hydrogen) atoms. The van der Waals surface area contributed by atoms with Gasteiger partial charge in [-0.15, -0.1) is 0 Å². The molecule has 1 N–H and O–H groups in total. The standard InChI is InChI=1S/C13H10Br2N2O2S/c14-11-4-6-13(7-5-11)20(18,19)17-16-9-10-2-1-3-12(15)8-10/h1-9,17H. The maximum Gasteiger partial charge on any atom is 0.276 e. The van der Waals surface area contributed by atoms with Crippen LogP contribution in [0.2, 0.25) is 0 Å². The summed E-state index contributed by atoms with van der Waals surface area (Å²) < 4.78 is 25.6. The van der Waals surface area contributed by atoms with Gasteiger partial charge in [0, 0.05) is 8.95 Å². The molecule has 0 aliphatic heterocycles. The molecule has 7 heteroatoms. The lowest BCUT2D eigenvalue weighted by molar-refractivity contribution is 0.584. The average Bonchev–Trinajstić information content (AvgIpc) is 2.39. The van der Waals surface area contributed by atoms with Crippen LogP contribution in [0.15, 0.2) is 67.5 Å². The van der Waals surface area contributed by atoms with E-state index in [1.807, 2.05) is 24.3 Å².